The van der Waals surface area contributed by atoms with Gasteiger partial charge in [-0.25, -0.2) is 4.79 Å². The van der Waals surface area contributed by atoms with E-state index in [1.807, 2.05) is 0 Å². The number of carbonyl (C=O) groups is 7. The average molecular weight is 950 g/mol. The predicted octanol–water partition coefficient (Wildman–Crippen LogP) is 4.70. The van der Waals surface area contributed by atoms with Crippen LogP contribution < -0.4 is 26.0 Å². The summed E-state index contributed by atoms with van der Waals surface area (Å²) in [7, 11) is 0. The largest absolute Gasteiger partial charge is 0.481 e. The molecule has 0 fully saturated rings. The molecule has 0 saturated carbocycles. The Bertz CT molecular complexity index is 1270. The van der Waals surface area contributed by atoms with E-state index in [1.165, 1.54) is 57.8 Å². The van der Waals surface area contributed by atoms with Crippen LogP contribution in [0, 0.1) is 0 Å². The molecule has 19 nitrogen and oxygen atoms in total. The van der Waals surface area contributed by atoms with E-state index in [9.17, 15) is 38.7 Å². The Balaban J connectivity index is 3.60. The molecule has 0 heterocycles. The van der Waals surface area contributed by atoms with Crippen molar-refractivity contribution in [3.8, 4) is 0 Å². The number of hydrogen-bond acceptors (Lipinski definition) is 13. The molecule has 8 N–H and O–H groups in total. The Morgan fingerprint density at radius 1 is 0.385 bits per heavy atom. The maximum absolute atomic E-state index is 12.4. The van der Waals surface area contributed by atoms with Crippen molar-refractivity contribution in [2.75, 3.05) is 72.5 Å². The third-order valence-corrected chi connectivity index (χ3v) is 10.6. The van der Waals surface area contributed by atoms with Crippen LogP contribution in [-0.4, -0.2) is 141 Å². The summed E-state index contributed by atoms with van der Waals surface area (Å²) in [5.74, 6) is -4.15. The predicted molar refractivity (Wildman–Crippen MR) is 248 cm³/mol. The quantitative estimate of drug-likeness (QED) is 0.0296. The van der Waals surface area contributed by atoms with E-state index < -0.39 is 30.0 Å². The third kappa shape index (κ3) is 44.1. The number of nitrogens with one attached hydrogen (secondary N) is 5. The van der Waals surface area contributed by atoms with Crippen LogP contribution >= 0.6 is 12.8 Å². The molecule has 0 aromatic heterocycles. The molecule has 0 aliphatic rings. The number of ether oxygens (including phenoxy) is 4. The highest BCUT2D eigenvalue weighted by atomic mass is 32.1. The van der Waals surface area contributed by atoms with E-state index in [-0.39, 0.29) is 62.5 Å². The Kier molecular flexibility index (Phi) is 43.1. The lowest BCUT2D eigenvalue weighted by atomic mass is 10.0. The molecule has 0 spiro atoms. The highest BCUT2D eigenvalue weighted by molar-refractivity contribution is 7.78. The first-order chi connectivity index (χ1) is 31.5. The summed E-state index contributed by atoms with van der Waals surface area (Å²) in [6.45, 7) is 2.95. The normalized spacial score (nSPS) is 12.0. The number of hydrogen-bond donors (Lipinski definition) is 9. The highest BCUT2D eigenvalue weighted by Gasteiger charge is 2.21. The number of carboxylic acid groups (broad SMARTS) is 3. The van der Waals surface area contributed by atoms with Gasteiger partial charge >= 0.3 is 17.9 Å². The summed E-state index contributed by atoms with van der Waals surface area (Å²) in [6.07, 6.45) is 21.2. The van der Waals surface area contributed by atoms with Gasteiger partial charge in [-0.05, 0) is 51.4 Å². The summed E-state index contributed by atoms with van der Waals surface area (Å²) in [5.41, 5.74) is 0. The molecule has 0 radical (unpaired) electrons. The first-order valence-electron chi connectivity index (χ1n) is 23.9. The fourth-order valence-corrected chi connectivity index (χ4v) is 6.79. The minimum atomic E-state index is -1.16. The van der Waals surface area contributed by atoms with Crippen molar-refractivity contribution in [2.45, 2.75) is 173 Å². The van der Waals surface area contributed by atoms with Crippen molar-refractivity contribution >= 4 is 54.4 Å². The van der Waals surface area contributed by atoms with Gasteiger partial charge in [0.25, 0.3) is 0 Å². The van der Waals surface area contributed by atoms with E-state index in [0.717, 1.165) is 38.5 Å². The van der Waals surface area contributed by atoms with Crippen LogP contribution in [0.25, 0.3) is 0 Å². The van der Waals surface area contributed by atoms with Gasteiger partial charge in [0.2, 0.25) is 23.6 Å². The number of carboxylic acids is 3. The van der Waals surface area contributed by atoms with Gasteiger partial charge in [0.15, 0.2) is 0 Å². The van der Waals surface area contributed by atoms with Gasteiger partial charge in [0, 0.05) is 52.1 Å². The lowest BCUT2D eigenvalue weighted by Crippen LogP contribution is -2.41. The van der Waals surface area contributed by atoms with E-state index in [4.69, 9.17) is 29.2 Å². The first-order valence-corrected chi connectivity index (χ1v) is 24.4. The summed E-state index contributed by atoms with van der Waals surface area (Å²) in [6, 6.07) is -1.85. The molecule has 0 aliphatic carbocycles. The van der Waals surface area contributed by atoms with Crippen molar-refractivity contribution in [1.29, 1.82) is 0 Å². The standard InChI is InChI=1S/C45H83N5O14S/c51-39(25-24-37(44(57)58)49-40(52)22-15-13-11-9-7-5-3-1-2-4-6-8-10-12-14-16-23-43(55)56)46-27-19-29-61-31-33-63-34-32-62-30-20-28-48-42(54)36-64-35-41(53)47-26-18-17-21-38(50-65)45(59)60/h37-38,50,65H,1-36H2,(H,46,51)(H,47,53)(H,48,54)(H,49,52)(H,55,56)(H,57,58)(H,59,60). The van der Waals surface area contributed by atoms with Crippen LogP contribution in [0.15, 0.2) is 0 Å². The van der Waals surface area contributed by atoms with Crippen molar-refractivity contribution in [1.82, 2.24) is 26.0 Å². The Hall–Kier alpha value is -3.56. The van der Waals surface area contributed by atoms with Gasteiger partial charge in [-0.1, -0.05) is 103 Å². The second-order valence-corrected chi connectivity index (χ2v) is 16.4. The van der Waals surface area contributed by atoms with Gasteiger partial charge in [0.05, 0.1) is 26.4 Å². The van der Waals surface area contributed by atoms with Gasteiger partial charge in [-0.3, -0.25) is 33.5 Å². The maximum Gasteiger partial charge on any atom is 0.326 e. The van der Waals surface area contributed by atoms with E-state index in [0.29, 0.717) is 97.8 Å². The van der Waals surface area contributed by atoms with Gasteiger partial charge in [-0.2, -0.15) is 0 Å². The van der Waals surface area contributed by atoms with Crippen LogP contribution in [-0.2, 0) is 52.5 Å². The highest BCUT2D eigenvalue weighted by Crippen LogP contribution is 2.14. The molecule has 20 heteroatoms. The lowest BCUT2D eigenvalue weighted by molar-refractivity contribution is -0.142. The van der Waals surface area contributed by atoms with Gasteiger partial charge < -0.3 is 55.5 Å². The molecule has 0 saturated heterocycles. The second kappa shape index (κ2) is 45.6. The van der Waals surface area contributed by atoms with Crippen LogP contribution in [0.4, 0.5) is 0 Å². The smallest absolute Gasteiger partial charge is 0.326 e. The van der Waals surface area contributed by atoms with Crippen molar-refractivity contribution in [3.05, 3.63) is 0 Å². The Labute approximate surface area is 392 Å². The van der Waals surface area contributed by atoms with Gasteiger partial charge in [0.1, 0.15) is 25.3 Å². The SMILES string of the molecule is O=C(O)CCCCCCCCCCCCCCCCCCC(=O)NC(CCC(=O)NCCCOCCOCCOCCCNC(=O)COCC(=O)NCCCCC(NS)C(=O)O)C(=O)O. The van der Waals surface area contributed by atoms with E-state index in [1.54, 1.807) is 0 Å². The third-order valence-electron chi connectivity index (χ3n) is 10.3. The molecule has 2 atom stereocenters. The van der Waals surface area contributed by atoms with Crippen LogP contribution in [0.1, 0.15) is 161 Å². The number of unbranched alkanes of at least 4 members (excludes halogenated alkanes) is 16. The first kappa shape index (κ1) is 61.4. The molecule has 4 amide bonds. The van der Waals surface area contributed by atoms with E-state index >= 15 is 0 Å². The zero-order chi connectivity index (χ0) is 48.0. The summed E-state index contributed by atoms with van der Waals surface area (Å²) >= 11 is 3.78. The van der Waals surface area contributed by atoms with Gasteiger partial charge in [-0.15, -0.1) is 0 Å². The van der Waals surface area contributed by atoms with E-state index in [2.05, 4.69) is 38.8 Å². The minimum Gasteiger partial charge on any atom is -0.481 e. The molecule has 0 rings (SSSR count). The molecule has 65 heavy (non-hydrogen) atoms. The summed E-state index contributed by atoms with van der Waals surface area (Å²) < 4.78 is 24.0. The molecule has 0 bridgehead atoms. The molecular weight excluding hydrogens is 867 g/mol. The molecular formula is C45H83N5O14S. The fraction of sp³-hybridized carbons (Fsp3) is 0.844. The zero-order valence-corrected chi connectivity index (χ0v) is 39.8. The average Bonchev–Trinajstić information content (AvgIpc) is 3.26. The number of amides is 4. The van der Waals surface area contributed by atoms with Crippen LogP contribution in [0.5, 0.6) is 0 Å². The summed E-state index contributed by atoms with van der Waals surface area (Å²) in [4.78, 5) is 81.4. The van der Waals surface area contributed by atoms with Crippen molar-refractivity contribution in [3.63, 3.8) is 0 Å². The Morgan fingerprint density at radius 2 is 0.785 bits per heavy atom. The fourth-order valence-electron chi connectivity index (χ4n) is 6.55. The lowest BCUT2D eigenvalue weighted by Gasteiger charge is -2.14. The maximum atomic E-state index is 12.4. The van der Waals surface area contributed by atoms with Crippen molar-refractivity contribution in [2.24, 2.45) is 0 Å². The van der Waals surface area contributed by atoms with Crippen LogP contribution in [0.2, 0.25) is 0 Å². The molecule has 2 unspecified atom stereocenters. The number of thiol groups is 1. The number of aliphatic carboxylic acids is 3. The van der Waals surface area contributed by atoms with Crippen LogP contribution in [0.3, 0.4) is 0 Å². The molecule has 378 valence electrons. The van der Waals surface area contributed by atoms with Crippen molar-refractivity contribution < 1.29 is 67.8 Å². The molecule has 0 aromatic rings. The molecule has 0 aromatic carbocycles. The number of carbonyl (C=O) groups excluding carboxylic acids is 4. The number of rotatable bonds is 49. The summed E-state index contributed by atoms with van der Waals surface area (Å²) in [5, 5.41) is 37.8. The monoisotopic (exact) mass is 950 g/mol. The Morgan fingerprint density at radius 3 is 1.22 bits per heavy atom. The second-order valence-electron chi connectivity index (χ2n) is 16.2. The zero-order valence-electron chi connectivity index (χ0n) is 38.9. The molecule has 0 aliphatic heterocycles. The minimum absolute atomic E-state index is 0.00946. The topological polar surface area (TPSA) is 277 Å².